The van der Waals surface area contributed by atoms with Crippen molar-refractivity contribution in [2.45, 2.75) is 39.4 Å². The maximum atomic E-state index is 11.9. The fraction of sp³-hybridized carbons (Fsp3) is 1.00. The molecule has 0 aliphatic rings. The van der Waals surface area contributed by atoms with Gasteiger partial charge in [0.1, 0.15) is 0 Å². The van der Waals surface area contributed by atoms with Crippen molar-refractivity contribution in [2.75, 3.05) is 13.6 Å². The van der Waals surface area contributed by atoms with E-state index in [-0.39, 0.29) is 6.10 Å². The van der Waals surface area contributed by atoms with Crippen LogP contribution in [-0.4, -0.2) is 26.3 Å². The van der Waals surface area contributed by atoms with E-state index in [4.69, 9.17) is 0 Å². The highest BCUT2D eigenvalue weighted by atomic mass is 19.3. The second kappa shape index (κ2) is 7.21. The Hall–Kier alpha value is -0.220. The first-order chi connectivity index (χ1) is 6.06. The Bertz CT molecular complexity index is 110. The third kappa shape index (κ3) is 8.12. The van der Waals surface area contributed by atoms with Gasteiger partial charge < -0.3 is 10.1 Å². The second-order valence-corrected chi connectivity index (χ2v) is 3.54. The molecule has 0 saturated heterocycles. The Morgan fingerprint density at radius 1 is 1.31 bits per heavy atom. The third-order valence-electron chi connectivity index (χ3n) is 1.75. The largest absolute Gasteiger partial charge is 0.345 e. The molecule has 4 heteroatoms. The molecule has 0 aromatic heterocycles. The lowest BCUT2D eigenvalue weighted by Crippen LogP contribution is -2.23. The molecule has 1 N–H and O–H groups in total. The zero-order chi connectivity index (χ0) is 10.3. The molecule has 0 fully saturated rings. The van der Waals surface area contributed by atoms with Crippen LogP contribution in [0.1, 0.15) is 26.7 Å². The molecule has 80 valence electrons. The van der Waals surface area contributed by atoms with Crippen LogP contribution >= 0.6 is 0 Å². The fourth-order valence-electron chi connectivity index (χ4n) is 1.22. The van der Waals surface area contributed by atoms with Crippen LogP contribution in [0.4, 0.5) is 8.78 Å². The van der Waals surface area contributed by atoms with Crippen LogP contribution in [0.25, 0.3) is 0 Å². The van der Waals surface area contributed by atoms with Gasteiger partial charge in [-0.3, -0.25) is 0 Å². The maximum Gasteiger partial charge on any atom is 0.345 e. The van der Waals surface area contributed by atoms with Crippen LogP contribution in [0, 0.1) is 5.92 Å². The molecular formula is C9H19F2NO. The number of hydrogen-bond acceptors (Lipinski definition) is 2. The van der Waals surface area contributed by atoms with Gasteiger partial charge in [0.15, 0.2) is 0 Å². The molecule has 0 aliphatic heterocycles. The lowest BCUT2D eigenvalue weighted by molar-refractivity contribution is -0.167. The van der Waals surface area contributed by atoms with Crippen molar-refractivity contribution >= 4 is 0 Å². The molecule has 0 aromatic rings. The molecule has 0 amide bonds. The summed E-state index contributed by atoms with van der Waals surface area (Å²) in [7, 11) is 1.80. The van der Waals surface area contributed by atoms with E-state index in [1.165, 1.54) is 0 Å². The highest BCUT2D eigenvalue weighted by Gasteiger charge is 2.15. The van der Waals surface area contributed by atoms with Crippen molar-refractivity contribution in [3.8, 4) is 0 Å². The van der Waals surface area contributed by atoms with E-state index in [0.29, 0.717) is 25.3 Å². The van der Waals surface area contributed by atoms with E-state index >= 15 is 0 Å². The molecule has 1 unspecified atom stereocenters. The highest BCUT2D eigenvalue weighted by molar-refractivity contribution is 4.61. The monoisotopic (exact) mass is 195 g/mol. The predicted octanol–water partition coefficient (Wildman–Crippen LogP) is 2.25. The summed E-state index contributed by atoms with van der Waals surface area (Å²) in [6, 6.07) is 0. The molecule has 0 aliphatic carbocycles. The van der Waals surface area contributed by atoms with Crippen molar-refractivity contribution in [1.82, 2.24) is 5.32 Å². The van der Waals surface area contributed by atoms with Gasteiger partial charge in [-0.2, -0.15) is 8.78 Å². The smallest absolute Gasteiger partial charge is 0.320 e. The standard InChI is InChI=1S/C9H19F2NO/c1-7(2)6-8(4-5-12-3)13-9(10)11/h7-9,12H,4-6H2,1-3H3. The molecule has 0 bridgehead atoms. The van der Waals surface area contributed by atoms with Crippen molar-refractivity contribution in [3.63, 3.8) is 0 Å². The molecule has 0 rings (SSSR count). The number of hydrogen-bond donors (Lipinski definition) is 1. The molecule has 0 heterocycles. The summed E-state index contributed by atoms with van der Waals surface area (Å²) in [4.78, 5) is 0. The molecule has 0 aromatic carbocycles. The summed E-state index contributed by atoms with van der Waals surface area (Å²) >= 11 is 0. The van der Waals surface area contributed by atoms with Gasteiger partial charge >= 0.3 is 6.61 Å². The van der Waals surface area contributed by atoms with Gasteiger partial charge in [0.25, 0.3) is 0 Å². The average molecular weight is 195 g/mol. The molecule has 1 atom stereocenters. The summed E-state index contributed by atoms with van der Waals surface area (Å²) in [5, 5.41) is 2.92. The molecule has 2 nitrogen and oxygen atoms in total. The molecule has 0 radical (unpaired) electrons. The minimum atomic E-state index is -2.65. The van der Waals surface area contributed by atoms with Crippen molar-refractivity contribution in [3.05, 3.63) is 0 Å². The zero-order valence-electron chi connectivity index (χ0n) is 8.52. The number of alkyl halides is 2. The van der Waals surface area contributed by atoms with E-state index in [1.54, 1.807) is 7.05 Å². The Balaban J connectivity index is 3.73. The van der Waals surface area contributed by atoms with Crippen LogP contribution < -0.4 is 5.32 Å². The first-order valence-corrected chi connectivity index (χ1v) is 4.64. The fourth-order valence-corrected chi connectivity index (χ4v) is 1.22. The zero-order valence-corrected chi connectivity index (χ0v) is 8.52. The van der Waals surface area contributed by atoms with Crippen molar-refractivity contribution in [2.24, 2.45) is 5.92 Å². The van der Waals surface area contributed by atoms with Crippen LogP contribution in [0.5, 0.6) is 0 Å². The van der Waals surface area contributed by atoms with Crippen molar-refractivity contribution in [1.29, 1.82) is 0 Å². The number of ether oxygens (including phenoxy) is 1. The quantitative estimate of drug-likeness (QED) is 0.672. The minimum Gasteiger partial charge on any atom is -0.320 e. The summed E-state index contributed by atoms with van der Waals surface area (Å²) in [6.45, 7) is 2.06. The molecule has 0 spiro atoms. The number of halogens is 2. The Labute approximate surface area is 78.7 Å². The van der Waals surface area contributed by atoms with Crippen molar-refractivity contribution < 1.29 is 13.5 Å². The Kier molecular flexibility index (Phi) is 7.09. The van der Waals surface area contributed by atoms with E-state index < -0.39 is 6.61 Å². The van der Waals surface area contributed by atoms with E-state index in [0.717, 1.165) is 0 Å². The first kappa shape index (κ1) is 12.8. The van der Waals surface area contributed by atoms with Gasteiger partial charge in [-0.1, -0.05) is 13.8 Å². The topological polar surface area (TPSA) is 21.3 Å². The first-order valence-electron chi connectivity index (χ1n) is 4.64. The lowest BCUT2D eigenvalue weighted by atomic mass is 10.0. The Morgan fingerprint density at radius 2 is 1.92 bits per heavy atom. The van der Waals surface area contributed by atoms with Crippen LogP contribution in [0.15, 0.2) is 0 Å². The summed E-state index contributed by atoms with van der Waals surface area (Å²) in [5.41, 5.74) is 0. The Morgan fingerprint density at radius 3 is 2.31 bits per heavy atom. The van der Waals surface area contributed by atoms with Gasteiger partial charge in [0.05, 0.1) is 6.10 Å². The third-order valence-corrected chi connectivity index (χ3v) is 1.75. The van der Waals surface area contributed by atoms with Crippen LogP contribution in [-0.2, 0) is 4.74 Å². The highest BCUT2D eigenvalue weighted by Crippen LogP contribution is 2.14. The molecule has 0 saturated carbocycles. The second-order valence-electron chi connectivity index (χ2n) is 3.54. The average Bonchev–Trinajstić information content (AvgIpc) is 1.98. The summed E-state index contributed by atoms with van der Waals surface area (Å²) in [6.07, 6.45) is 0.998. The maximum absolute atomic E-state index is 11.9. The molecular weight excluding hydrogens is 176 g/mol. The molecule has 13 heavy (non-hydrogen) atoms. The van der Waals surface area contributed by atoms with Gasteiger partial charge in [-0.05, 0) is 32.4 Å². The van der Waals surface area contributed by atoms with Gasteiger partial charge in [0.2, 0.25) is 0 Å². The van der Waals surface area contributed by atoms with Crippen LogP contribution in [0.2, 0.25) is 0 Å². The summed E-state index contributed by atoms with van der Waals surface area (Å²) in [5.74, 6) is 0.389. The van der Waals surface area contributed by atoms with E-state index in [1.807, 2.05) is 13.8 Å². The SMILES string of the molecule is CNCCC(CC(C)C)OC(F)F. The number of rotatable bonds is 7. The number of nitrogens with one attached hydrogen (secondary N) is 1. The van der Waals surface area contributed by atoms with Crippen LogP contribution in [0.3, 0.4) is 0 Å². The summed E-state index contributed by atoms with van der Waals surface area (Å²) < 4.78 is 28.3. The van der Waals surface area contributed by atoms with E-state index in [2.05, 4.69) is 10.1 Å². The van der Waals surface area contributed by atoms with E-state index in [9.17, 15) is 8.78 Å². The minimum absolute atomic E-state index is 0.326. The lowest BCUT2D eigenvalue weighted by Gasteiger charge is -2.18. The predicted molar refractivity (Wildman–Crippen MR) is 48.9 cm³/mol. The normalized spacial score (nSPS) is 14.1. The van der Waals surface area contributed by atoms with Gasteiger partial charge in [0, 0.05) is 0 Å². The van der Waals surface area contributed by atoms with Gasteiger partial charge in [-0.25, -0.2) is 0 Å². The van der Waals surface area contributed by atoms with Gasteiger partial charge in [-0.15, -0.1) is 0 Å².